The van der Waals surface area contributed by atoms with Crippen LogP contribution in [0.3, 0.4) is 0 Å². The molecule has 0 aromatic rings. The molecule has 1 rings (SSSR count). The van der Waals surface area contributed by atoms with Gasteiger partial charge in [0, 0.05) is 20.2 Å². The molecule has 7 nitrogen and oxygen atoms in total. The Morgan fingerprint density at radius 3 is 2.79 bits per heavy atom. The standard InChI is InChI=1S/C12H22N2O5/c1-4-19-10-7-18-6-9(10)13-12(17)14(3)5-8(2)11(15)16/h8-10H,4-7H2,1-3H3,(H,13,17)(H,15,16)/t8?,9-,10-/m1/s1. The van der Waals surface area contributed by atoms with Crippen LogP contribution >= 0.6 is 0 Å². The molecule has 2 amide bonds. The quantitative estimate of drug-likeness (QED) is 0.720. The van der Waals surface area contributed by atoms with Crippen molar-refractivity contribution < 1.29 is 24.2 Å². The van der Waals surface area contributed by atoms with Crippen molar-refractivity contribution >= 4 is 12.0 Å². The average molecular weight is 274 g/mol. The van der Waals surface area contributed by atoms with Gasteiger partial charge in [0.2, 0.25) is 0 Å². The van der Waals surface area contributed by atoms with Gasteiger partial charge in [-0.1, -0.05) is 6.92 Å². The van der Waals surface area contributed by atoms with E-state index in [1.165, 1.54) is 4.90 Å². The fourth-order valence-electron chi connectivity index (χ4n) is 1.89. The Bertz CT molecular complexity index is 323. The summed E-state index contributed by atoms with van der Waals surface area (Å²) in [4.78, 5) is 24.0. The topological polar surface area (TPSA) is 88.1 Å². The molecule has 0 spiro atoms. The van der Waals surface area contributed by atoms with E-state index in [0.29, 0.717) is 19.8 Å². The minimum absolute atomic E-state index is 0.140. The van der Waals surface area contributed by atoms with Crippen LogP contribution in [0, 0.1) is 5.92 Å². The fraction of sp³-hybridized carbons (Fsp3) is 0.833. The summed E-state index contributed by atoms with van der Waals surface area (Å²) in [6, 6.07) is -0.497. The van der Waals surface area contributed by atoms with Crippen molar-refractivity contribution in [2.75, 3.05) is 33.4 Å². The number of aliphatic carboxylic acids is 1. The van der Waals surface area contributed by atoms with Crippen molar-refractivity contribution in [3.63, 3.8) is 0 Å². The molecule has 0 radical (unpaired) electrons. The molecular formula is C12H22N2O5. The van der Waals surface area contributed by atoms with Crippen LogP contribution in [0.15, 0.2) is 0 Å². The first kappa shape index (κ1) is 15.7. The third-order valence-corrected chi connectivity index (χ3v) is 3.03. The summed E-state index contributed by atoms with van der Waals surface area (Å²) in [7, 11) is 1.57. The molecule has 1 saturated heterocycles. The van der Waals surface area contributed by atoms with Crippen LogP contribution in [0.1, 0.15) is 13.8 Å². The Morgan fingerprint density at radius 2 is 2.21 bits per heavy atom. The van der Waals surface area contributed by atoms with Gasteiger partial charge in [-0.15, -0.1) is 0 Å². The molecule has 1 heterocycles. The lowest BCUT2D eigenvalue weighted by Crippen LogP contribution is -2.49. The van der Waals surface area contributed by atoms with E-state index in [0.717, 1.165) is 0 Å². The second-order valence-electron chi connectivity index (χ2n) is 4.71. The number of urea groups is 1. The molecule has 7 heteroatoms. The van der Waals surface area contributed by atoms with Gasteiger partial charge in [-0.25, -0.2) is 4.79 Å². The molecule has 1 aliphatic rings. The monoisotopic (exact) mass is 274 g/mol. The molecule has 2 N–H and O–H groups in total. The van der Waals surface area contributed by atoms with E-state index in [-0.39, 0.29) is 24.7 Å². The number of rotatable bonds is 6. The summed E-state index contributed by atoms with van der Waals surface area (Å²) >= 11 is 0. The minimum atomic E-state index is -0.920. The van der Waals surface area contributed by atoms with Crippen LogP contribution in [-0.4, -0.2) is 67.6 Å². The third kappa shape index (κ3) is 4.68. The molecule has 19 heavy (non-hydrogen) atoms. The number of carboxylic acids is 1. The van der Waals surface area contributed by atoms with Crippen molar-refractivity contribution in [2.45, 2.75) is 26.0 Å². The molecule has 1 aliphatic heterocycles. The van der Waals surface area contributed by atoms with E-state index in [1.54, 1.807) is 14.0 Å². The average Bonchev–Trinajstić information content (AvgIpc) is 2.76. The largest absolute Gasteiger partial charge is 0.481 e. The molecule has 0 aromatic carbocycles. The van der Waals surface area contributed by atoms with Gasteiger partial charge in [-0.05, 0) is 6.92 Å². The summed E-state index contributed by atoms with van der Waals surface area (Å²) < 4.78 is 10.7. The zero-order chi connectivity index (χ0) is 14.4. The number of nitrogens with zero attached hydrogens (tertiary/aromatic N) is 1. The molecule has 0 aliphatic carbocycles. The molecule has 0 saturated carbocycles. The molecular weight excluding hydrogens is 252 g/mol. The number of carbonyl (C=O) groups is 2. The van der Waals surface area contributed by atoms with Gasteiger partial charge in [-0.3, -0.25) is 4.79 Å². The first-order valence-electron chi connectivity index (χ1n) is 6.39. The molecule has 1 fully saturated rings. The van der Waals surface area contributed by atoms with Crippen LogP contribution in [0.25, 0.3) is 0 Å². The third-order valence-electron chi connectivity index (χ3n) is 3.03. The van der Waals surface area contributed by atoms with Crippen molar-refractivity contribution in [1.82, 2.24) is 10.2 Å². The van der Waals surface area contributed by atoms with Crippen LogP contribution in [-0.2, 0) is 14.3 Å². The van der Waals surface area contributed by atoms with Gasteiger partial charge in [0.15, 0.2) is 0 Å². The summed E-state index contributed by atoms with van der Waals surface area (Å²) in [5.74, 6) is -1.52. The van der Waals surface area contributed by atoms with Crippen LogP contribution in [0.4, 0.5) is 4.79 Å². The first-order chi connectivity index (χ1) is 8.95. The number of carboxylic acid groups (broad SMARTS) is 1. The summed E-state index contributed by atoms with van der Waals surface area (Å²) in [6.45, 7) is 5.05. The Balaban J connectivity index is 2.43. The lowest BCUT2D eigenvalue weighted by Gasteiger charge is -2.24. The van der Waals surface area contributed by atoms with Gasteiger partial charge >= 0.3 is 12.0 Å². The van der Waals surface area contributed by atoms with Crippen molar-refractivity contribution in [2.24, 2.45) is 5.92 Å². The van der Waals surface area contributed by atoms with E-state index in [2.05, 4.69) is 5.32 Å². The Kier molecular flexibility index (Phi) is 6.04. The highest BCUT2D eigenvalue weighted by atomic mass is 16.5. The van der Waals surface area contributed by atoms with Crippen molar-refractivity contribution in [1.29, 1.82) is 0 Å². The Labute approximate surface area is 112 Å². The SMILES string of the molecule is CCO[C@@H]1COC[C@H]1NC(=O)N(C)CC(C)C(=O)O. The van der Waals surface area contributed by atoms with Crippen LogP contribution in [0.2, 0.25) is 0 Å². The number of ether oxygens (including phenoxy) is 2. The second kappa shape index (κ2) is 7.30. The predicted octanol–water partition coefficient (Wildman–Crippen LogP) is 0.152. The number of amides is 2. The van der Waals surface area contributed by atoms with E-state index in [4.69, 9.17) is 14.6 Å². The normalized spacial score (nSPS) is 23.9. The molecule has 3 atom stereocenters. The molecule has 110 valence electrons. The van der Waals surface area contributed by atoms with Gasteiger partial charge in [-0.2, -0.15) is 0 Å². The van der Waals surface area contributed by atoms with Gasteiger partial charge in [0.25, 0.3) is 0 Å². The summed E-state index contributed by atoms with van der Waals surface area (Å²) in [5, 5.41) is 11.6. The Hall–Kier alpha value is -1.34. The number of hydrogen-bond donors (Lipinski definition) is 2. The van der Waals surface area contributed by atoms with E-state index in [9.17, 15) is 9.59 Å². The van der Waals surface area contributed by atoms with Gasteiger partial charge < -0.3 is 24.8 Å². The highest BCUT2D eigenvalue weighted by Crippen LogP contribution is 2.10. The number of hydrogen-bond acceptors (Lipinski definition) is 4. The summed E-state index contributed by atoms with van der Waals surface area (Å²) in [5.41, 5.74) is 0. The lowest BCUT2D eigenvalue weighted by molar-refractivity contribution is -0.141. The number of carbonyl (C=O) groups excluding carboxylic acids is 1. The smallest absolute Gasteiger partial charge is 0.317 e. The zero-order valence-electron chi connectivity index (χ0n) is 11.6. The highest BCUT2D eigenvalue weighted by Gasteiger charge is 2.31. The van der Waals surface area contributed by atoms with E-state index >= 15 is 0 Å². The van der Waals surface area contributed by atoms with Gasteiger partial charge in [0.05, 0.1) is 25.2 Å². The van der Waals surface area contributed by atoms with E-state index in [1.807, 2.05) is 6.92 Å². The van der Waals surface area contributed by atoms with Crippen LogP contribution in [0.5, 0.6) is 0 Å². The van der Waals surface area contributed by atoms with E-state index < -0.39 is 11.9 Å². The zero-order valence-corrected chi connectivity index (χ0v) is 11.6. The van der Waals surface area contributed by atoms with Crippen molar-refractivity contribution in [3.8, 4) is 0 Å². The molecule has 0 aromatic heterocycles. The maximum atomic E-state index is 11.9. The van der Waals surface area contributed by atoms with Gasteiger partial charge in [0.1, 0.15) is 6.10 Å². The molecule has 0 bridgehead atoms. The maximum Gasteiger partial charge on any atom is 0.317 e. The number of nitrogens with one attached hydrogen (secondary N) is 1. The Morgan fingerprint density at radius 1 is 1.53 bits per heavy atom. The van der Waals surface area contributed by atoms with Crippen molar-refractivity contribution in [3.05, 3.63) is 0 Å². The minimum Gasteiger partial charge on any atom is -0.481 e. The maximum absolute atomic E-state index is 11.9. The first-order valence-corrected chi connectivity index (χ1v) is 6.39. The highest BCUT2D eigenvalue weighted by molar-refractivity contribution is 5.76. The predicted molar refractivity (Wildman–Crippen MR) is 68.0 cm³/mol. The fourth-order valence-corrected chi connectivity index (χ4v) is 1.89. The van der Waals surface area contributed by atoms with Crippen LogP contribution < -0.4 is 5.32 Å². The molecule has 1 unspecified atom stereocenters. The second-order valence-corrected chi connectivity index (χ2v) is 4.71. The lowest BCUT2D eigenvalue weighted by atomic mass is 10.2. The summed E-state index contributed by atoms with van der Waals surface area (Å²) in [6.07, 6.45) is -0.140.